The Bertz CT molecular complexity index is 365. The van der Waals surface area contributed by atoms with Crippen LogP contribution in [0.5, 0.6) is 0 Å². The molecule has 0 spiro atoms. The van der Waals surface area contributed by atoms with Crippen LogP contribution in [0.1, 0.15) is 24.9 Å². The number of nitrogens with one attached hydrogen (secondary N) is 2. The molecule has 5 heteroatoms. The molecular formula is C7H11N3O2. The first-order valence-electron chi connectivity index (χ1n) is 3.72. The lowest BCUT2D eigenvalue weighted by atomic mass is 10.1. The molecule has 5 nitrogen and oxygen atoms in total. The lowest BCUT2D eigenvalue weighted by molar-refractivity contribution is 0.680. The van der Waals surface area contributed by atoms with Crippen LogP contribution < -0.4 is 17.0 Å². The van der Waals surface area contributed by atoms with E-state index in [9.17, 15) is 9.59 Å². The summed E-state index contributed by atoms with van der Waals surface area (Å²) in [6.45, 7) is 1.87. The van der Waals surface area contributed by atoms with Crippen molar-refractivity contribution in [2.45, 2.75) is 19.4 Å². The van der Waals surface area contributed by atoms with E-state index < -0.39 is 11.2 Å². The van der Waals surface area contributed by atoms with Crippen molar-refractivity contribution in [1.29, 1.82) is 0 Å². The Hall–Kier alpha value is -1.36. The average molecular weight is 169 g/mol. The number of H-pyrrole nitrogens is 2. The SMILES string of the molecule is CCC(N)c1c[nH]c(=O)[nH]c1=O. The van der Waals surface area contributed by atoms with Crippen molar-refractivity contribution < 1.29 is 0 Å². The first-order valence-corrected chi connectivity index (χ1v) is 3.72. The van der Waals surface area contributed by atoms with Crippen LogP contribution in [0.2, 0.25) is 0 Å². The molecule has 12 heavy (non-hydrogen) atoms. The first-order chi connectivity index (χ1) is 5.65. The van der Waals surface area contributed by atoms with E-state index in [1.54, 1.807) is 0 Å². The van der Waals surface area contributed by atoms with Gasteiger partial charge in [0, 0.05) is 12.2 Å². The van der Waals surface area contributed by atoms with Gasteiger partial charge in [0.15, 0.2) is 0 Å². The molecule has 0 bridgehead atoms. The van der Waals surface area contributed by atoms with E-state index in [-0.39, 0.29) is 6.04 Å². The Morgan fingerprint density at radius 1 is 1.58 bits per heavy atom. The van der Waals surface area contributed by atoms with Gasteiger partial charge in [0.05, 0.1) is 5.56 Å². The second-order valence-electron chi connectivity index (χ2n) is 2.54. The third-order valence-electron chi connectivity index (χ3n) is 1.69. The summed E-state index contributed by atoms with van der Waals surface area (Å²) in [4.78, 5) is 26.2. The largest absolute Gasteiger partial charge is 0.325 e. The normalized spacial score (nSPS) is 12.8. The van der Waals surface area contributed by atoms with Crippen LogP contribution >= 0.6 is 0 Å². The summed E-state index contributed by atoms with van der Waals surface area (Å²) in [6.07, 6.45) is 2.02. The van der Waals surface area contributed by atoms with Gasteiger partial charge in [0.1, 0.15) is 0 Å². The van der Waals surface area contributed by atoms with Crippen molar-refractivity contribution >= 4 is 0 Å². The van der Waals surface area contributed by atoms with Crippen LogP contribution in [0.25, 0.3) is 0 Å². The Morgan fingerprint density at radius 2 is 2.25 bits per heavy atom. The van der Waals surface area contributed by atoms with Gasteiger partial charge < -0.3 is 10.7 Å². The Kier molecular flexibility index (Phi) is 2.44. The van der Waals surface area contributed by atoms with Crippen LogP contribution in [0, 0.1) is 0 Å². The molecule has 1 aromatic rings. The van der Waals surface area contributed by atoms with Crippen LogP contribution in [0.3, 0.4) is 0 Å². The highest BCUT2D eigenvalue weighted by Gasteiger charge is 2.07. The van der Waals surface area contributed by atoms with Gasteiger partial charge in [0.2, 0.25) is 0 Å². The Morgan fingerprint density at radius 3 is 2.75 bits per heavy atom. The number of aromatic amines is 2. The molecule has 0 saturated heterocycles. The maximum Gasteiger partial charge on any atom is 0.325 e. The Labute approximate surface area is 68.6 Å². The molecule has 0 saturated carbocycles. The van der Waals surface area contributed by atoms with Crippen LogP contribution in [0.15, 0.2) is 15.8 Å². The quantitative estimate of drug-likeness (QED) is 0.555. The summed E-state index contributed by atoms with van der Waals surface area (Å²) in [5.41, 5.74) is 5.10. The smallest absolute Gasteiger partial charge is 0.324 e. The minimum Gasteiger partial charge on any atom is -0.324 e. The van der Waals surface area contributed by atoms with Crippen molar-refractivity contribution in [1.82, 2.24) is 9.97 Å². The van der Waals surface area contributed by atoms with E-state index >= 15 is 0 Å². The van der Waals surface area contributed by atoms with Crippen molar-refractivity contribution in [2.24, 2.45) is 5.73 Å². The summed E-state index contributed by atoms with van der Waals surface area (Å²) in [6, 6.07) is -0.314. The van der Waals surface area contributed by atoms with Crippen LogP contribution in [-0.2, 0) is 0 Å². The number of nitrogens with two attached hydrogens (primary N) is 1. The number of rotatable bonds is 2. The van der Waals surface area contributed by atoms with Gasteiger partial charge in [-0.2, -0.15) is 0 Å². The molecule has 66 valence electrons. The van der Waals surface area contributed by atoms with Crippen molar-refractivity contribution in [3.63, 3.8) is 0 Å². The molecule has 0 amide bonds. The van der Waals surface area contributed by atoms with Crippen LogP contribution in [0.4, 0.5) is 0 Å². The maximum atomic E-state index is 11.1. The summed E-state index contributed by atoms with van der Waals surface area (Å²) in [5, 5.41) is 0. The standard InChI is InChI=1S/C7H11N3O2/c1-2-5(8)4-3-9-7(12)10-6(4)11/h3,5H,2,8H2,1H3,(H2,9,10,11,12). The second-order valence-corrected chi connectivity index (χ2v) is 2.54. The fourth-order valence-electron chi connectivity index (χ4n) is 0.916. The van der Waals surface area contributed by atoms with E-state index in [2.05, 4.69) is 9.97 Å². The maximum absolute atomic E-state index is 11.1. The highest BCUT2D eigenvalue weighted by molar-refractivity contribution is 5.08. The minimum atomic E-state index is -0.507. The summed E-state index contributed by atoms with van der Waals surface area (Å²) in [5.74, 6) is 0. The van der Waals surface area contributed by atoms with E-state index in [0.29, 0.717) is 12.0 Å². The zero-order chi connectivity index (χ0) is 9.14. The number of hydrogen-bond acceptors (Lipinski definition) is 3. The highest BCUT2D eigenvalue weighted by Crippen LogP contribution is 2.04. The molecule has 0 aliphatic carbocycles. The number of aromatic nitrogens is 2. The van der Waals surface area contributed by atoms with Gasteiger partial charge in [-0.3, -0.25) is 9.78 Å². The fourth-order valence-corrected chi connectivity index (χ4v) is 0.916. The second kappa shape index (κ2) is 3.36. The molecule has 1 rings (SSSR count). The molecule has 1 aromatic heterocycles. The lowest BCUT2D eigenvalue weighted by Gasteiger charge is -2.05. The fraction of sp³-hybridized carbons (Fsp3) is 0.429. The van der Waals surface area contributed by atoms with Crippen LogP contribution in [-0.4, -0.2) is 9.97 Å². The monoisotopic (exact) mass is 169 g/mol. The van der Waals surface area contributed by atoms with Gasteiger partial charge in [-0.1, -0.05) is 6.92 Å². The molecule has 1 unspecified atom stereocenters. The topological polar surface area (TPSA) is 91.7 Å². The summed E-state index contributed by atoms with van der Waals surface area (Å²) < 4.78 is 0. The predicted octanol–water partition coefficient (Wildman–Crippen LogP) is -0.527. The summed E-state index contributed by atoms with van der Waals surface area (Å²) in [7, 11) is 0. The molecule has 0 aliphatic rings. The Balaban J connectivity index is 3.19. The predicted molar refractivity (Wildman–Crippen MR) is 44.9 cm³/mol. The van der Waals surface area contributed by atoms with Gasteiger partial charge in [-0.15, -0.1) is 0 Å². The molecule has 1 heterocycles. The van der Waals surface area contributed by atoms with Gasteiger partial charge in [-0.25, -0.2) is 4.79 Å². The molecule has 4 N–H and O–H groups in total. The molecular weight excluding hydrogens is 158 g/mol. The van der Waals surface area contributed by atoms with Gasteiger partial charge >= 0.3 is 5.69 Å². The van der Waals surface area contributed by atoms with Gasteiger partial charge in [0.25, 0.3) is 5.56 Å². The van der Waals surface area contributed by atoms with Crippen molar-refractivity contribution in [2.75, 3.05) is 0 Å². The molecule has 0 aromatic carbocycles. The average Bonchev–Trinajstić information content (AvgIpc) is 2.03. The molecule has 0 radical (unpaired) electrons. The molecule has 0 fully saturated rings. The highest BCUT2D eigenvalue weighted by atomic mass is 16.2. The van der Waals surface area contributed by atoms with Crippen molar-refractivity contribution in [3.8, 4) is 0 Å². The number of hydrogen-bond donors (Lipinski definition) is 3. The molecule has 0 aliphatic heterocycles. The van der Waals surface area contributed by atoms with Gasteiger partial charge in [-0.05, 0) is 6.42 Å². The minimum absolute atomic E-state index is 0.314. The van der Waals surface area contributed by atoms with E-state index in [0.717, 1.165) is 0 Å². The summed E-state index contributed by atoms with van der Waals surface area (Å²) >= 11 is 0. The lowest BCUT2D eigenvalue weighted by Crippen LogP contribution is -2.28. The van der Waals surface area contributed by atoms with Crippen molar-refractivity contribution in [3.05, 3.63) is 32.6 Å². The zero-order valence-electron chi connectivity index (χ0n) is 6.76. The molecule has 1 atom stereocenters. The zero-order valence-corrected chi connectivity index (χ0v) is 6.76. The van der Waals surface area contributed by atoms with E-state index in [4.69, 9.17) is 5.73 Å². The third-order valence-corrected chi connectivity index (χ3v) is 1.69. The third kappa shape index (κ3) is 1.62. The van der Waals surface area contributed by atoms with E-state index in [1.165, 1.54) is 6.20 Å². The van der Waals surface area contributed by atoms with E-state index in [1.807, 2.05) is 6.92 Å². The first kappa shape index (κ1) is 8.73.